The minimum atomic E-state index is -1.26. The van der Waals surface area contributed by atoms with E-state index in [1.54, 1.807) is 36.4 Å². The number of rotatable bonds is 7. The van der Waals surface area contributed by atoms with Gasteiger partial charge in [-0.15, -0.1) is 0 Å². The Hall–Kier alpha value is -2.99. The number of hydrogen-bond acceptors (Lipinski definition) is 3. The van der Waals surface area contributed by atoms with Gasteiger partial charge in [-0.2, -0.15) is 0 Å². The van der Waals surface area contributed by atoms with Crippen LogP contribution in [0.15, 0.2) is 77.7 Å². The third-order valence-electron chi connectivity index (χ3n) is 4.28. The maximum absolute atomic E-state index is 12.7. The van der Waals surface area contributed by atoms with Gasteiger partial charge < -0.3 is 11.1 Å². The molecular weight excluding hydrogens is 360 g/mol. The quantitative estimate of drug-likeness (QED) is 0.660. The molecule has 3 aromatic rings. The van der Waals surface area contributed by atoms with Crippen molar-refractivity contribution in [1.29, 1.82) is 0 Å². The van der Waals surface area contributed by atoms with Crippen LogP contribution in [0.2, 0.25) is 0 Å². The van der Waals surface area contributed by atoms with Crippen molar-refractivity contribution in [3.63, 3.8) is 0 Å². The molecule has 0 aliphatic carbocycles. The van der Waals surface area contributed by atoms with E-state index < -0.39 is 22.7 Å². The highest BCUT2D eigenvalue weighted by molar-refractivity contribution is 7.85. The smallest absolute Gasteiger partial charge is 0.252 e. The van der Waals surface area contributed by atoms with Crippen LogP contribution in [0.4, 0.5) is 0 Å². The molecule has 3 N–H and O–H groups in total. The highest BCUT2D eigenvalue weighted by Crippen LogP contribution is 2.18. The number of carbonyl (C=O) groups is 2. The Balaban J connectivity index is 1.71. The second-order valence-electron chi connectivity index (χ2n) is 6.11. The lowest BCUT2D eigenvalue weighted by Crippen LogP contribution is -2.45. The summed E-state index contributed by atoms with van der Waals surface area (Å²) in [6, 6.07) is 21.1. The summed E-state index contributed by atoms with van der Waals surface area (Å²) in [4.78, 5) is 25.2. The number of nitrogens with two attached hydrogens (primary N) is 1. The fraction of sp³-hybridized carbons (Fsp3) is 0.143. The monoisotopic (exact) mass is 380 g/mol. The average molecular weight is 380 g/mol. The van der Waals surface area contributed by atoms with Crippen LogP contribution in [0.3, 0.4) is 0 Å². The Kier molecular flexibility index (Phi) is 5.98. The fourth-order valence-electron chi connectivity index (χ4n) is 2.86. The van der Waals surface area contributed by atoms with Gasteiger partial charge in [-0.1, -0.05) is 54.6 Å². The van der Waals surface area contributed by atoms with E-state index in [2.05, 4.69) is 5.32 Å². The molecule has 138 valence electrons. The molecule has 3 rings (SSSR count). The predicted molar refractivity (Wildman–Crippen MR) is 107 cm³/mol. The summed E-state index contributed by atoms with van der Waals surface area (Å²) in [5, 5.41) is 4.42. The minimum Gasteiger partial charge on any atom is -0.368 e. The van der Waals surface area contributed by atoms with Crippen LogP contribution in [0, 0.1) is 0 Å². The number of carbonyl (C=O) groups excluding carboxylic acids is 2. The third kappa shape index (κ3) is 4.60. The molecule has 2 atom stereocenters. The Morgan fingerprint density at radius 2 is 1.59 bits per heavy atom. The first-order valence-corrected chi connectivity index (χ1v) is 9.89. The molecule has 0 aromatic heterocycles. The molecule has 0 unspecified atom stereocenters. The molecule has 0 heterocycles. The second-order valence-corrected chi connectivity index (χ2v) is 7.68. The van der Waals surface area contributed by atoms with E-state index in [1.165, 1.54) is 0 Å². The zero-order chi connectivity index (χ0) is 19.2. The van der Waals surface area contributed by atoms with Crippen molar-refractivity contribution in [2.45, 2.75) is 17.4 Å². The summed E-state index contributed by atoms with van der Waals surface area (Å²) in [6.45, 7) is 0. The molecule has 0 radical (unpaired) electrons. The van der Waals surface area contributed by atoms with Crippen molar-refractivity contribution in [2.24, 2.45) is 5.73 Å². The molecular formula is C21H20N2O3S. The molecule has 0 saturated carbocycles. The molecule has 3 aromatic carbocycles. The topological polar surface area (TPSA) is 89.3 Å². The molecule has 6 heteroatoms. The maximum atomic E-state index is 12.7. The summed E-state index contributed by atoms with van der Waals surface area (Å²) < 4.78 is 12.3. The number of fused-ring (bicyclic) bond motifs is 1. The van der Waals surface area contributed by atoms with Crippen molar-refractivity contribution < 1.29 is 13.8 Å². The van der Waals surface area contributed by atoms with Gasteiger partial charge in [0.25, 0.3) is 5.91 Å². The first kappa shape index (κ1) is 18.8. The van der Waals surface area contributed by atoms with Crippen molar-refractivity contribution >= 4 is 33.4 Å². The lowest BCUT2D eigenvalue weighted by atomic mass is 10.0. The van der Waals surface area contributed by atoms with Crippen molar-refractivity contribution in [3.8, 4) is 0 Å². The van der Waals surface area contributed by atoms with Gasteiger partial charge in [-0.25, -0.2) is 0 Å². The minimum absolute atomic E-state index is 0.202. The standard InChI is InChI=1S/C21H20N2O3S/c22-20(24)19(13-14-27(26)16-9-2-1-3-10-16)23-21(25)18-12-6-8-15-7-4-5-11-17(15)18/h1-12,19H,13-14H2,(H2,22,24)(H,23,25)/t19-,27+/m0/s1. The highest BCUT2D eigenvalue weighted by atomic mass is 32.2. The normalized spacial score (nSPS) is 13.0. The largest absolute Gasteiger partial charge is 0.368 e. The summed E-state index contributed by atoms with van der Waals surface area (Å²) in [7, 11) is -1.26. The Morgan fingerprint density at radius 3 is 2.33 bits per heavy atom. The maximum Gasteiger partial charge on any atom is 0.252 e. The predicted octanol–water partition coefficient (Wildman–Crippen LogP) is 2.62. The Labute approximate surface area is 160 Å². The van der Waals surface area contributed by atoms with Crippen molar-refractivity contribution in [2.75, 3.05) is 5.75 Å². The third-order valence-corrected chi connectivity index (χ3v) is 5.69. The van der Waals surface area contributed by atoms with Crippen molar-refractivity contribution in [1.82, 2.24) is 5.32 Å². The van der Waals surface area contributed by atoms with Crippen molar-refractivity contribution in [3.05, 3.63) is 78.4 Å². The van der Waals surface area contributed by atoms with E-state index in [9.17, 15) is 13.8 Å². The van der Waals surface area contributed by atoms with Gasteiger partial charge in [0, 0.05) is 16.2 Å². The van der Waals surface area contributed by atoms with Gasteiger partial charge in [-0.3, -0.25) is 13.8 Å². The van der Waals surface area contributed by atoms with Gasteiger partial charge >= 0.3 is 0 Å². The van der Waals surface area contributed by atoms with E-state index in [-0.39, 0.29) is 18.1 Å². The number of benzene rings is 3. The number of amides is 2. The fourth-order valence-corrected chi connectivity index (χ4v) is 4.01. The lowest BCUT2D eigenvalue weighted by Gasteiger charge is -2.16. The summed E-state index contributed by atoms with van der Waals surface area (Å²) in [5.41, 5.74) is 5.92. The van der Waals surface area contributed by atoms with E-state index >= 15 is 0 Å². The van der Waals surface area contributed by atoms with E-state index in [0.717, 1.165) is 10.8 Å². The van der Waals surface area contributed by atoms with E-state index in [1.807, 2.05) is 36.4 Å². The molecule has 27 heavy (non-hydrogen) atoms. The lowest BCUT2D eigenvalue weighted by molar-refractivity contribution is -0.119. The number of nitrogens with one attached hydrogen (secondary N) is 1. The first-order chi connectivity index (χ1) is 13.1. The molecule has 0 aliphatic heterocycles. The van der Waals surface area contributed by atoms with Crippen LogP contribution in [-0.4, -0.2) is 27.8 Å². The van der Waals surface area contributed by atoms with Gasteiger partial charge in [0.2, 0.25) is 5.91 Å². The zero-order valence-corrected chi connectivity index (χ0v) is 15.4. The molecule has 2 amide bonds. The first-order valence-electron chi connectivity index (χ1n) is 8.57. The van der Waals surface area contributed by atoms with Crippen LogP contribution >= 0.6 is 0 Å². The number of primary amides is 1. The van der Waals surface area contributed by atoms with Gasteiger partial charge in [0.05, 0.1) is 10.8 Å². The Bertz CT molecular complexity index is 984. The summed E-state index contributed by atoms with van der Waals surface area (Å²) in [5.74, 6) is -0.789. The molecule has 0 saturated heterocycles. The van der Waals surface area contributed by atoms with Gasteiger partial charge in [0.1, 0.15) is 6.04 Å². The molecule has 0 aliphatic rings. The van der Waals surface area contributed by atoms with E-state index in [0.29, 0.717) is 10.5 Å². The average Bonchev–Trinajstić information content (AvgIpc) is 2.70. The molecule has 0 fully saturated rings. The van der Waals surface area contributed by atoms with Crippen LogP contribution in [0.25, 0.3) is 10.8 Å². The van der Waals surface area contributed by atoms with Crippen LogP contribution < -0.4 is 11.1 Å². The van der Waals surface area contributed by atoms with Gasteiger partial charge in [-0.05, 0) is 35.4 Å². The summed E-state index contributed by atoms with van der Waals surface area (Å²) in [6.07, 6.45) is 0.202. The van der Waals surface area contributed by atoms with Crippen LogP contribution in [-0.2, 0) is 15.6 Å². The highest BCUT2D eigenvalue weighted by Gasteiger charge is 2.21. The SMILES string of the molecule is NC(=O)[C@H](CC[S@@](=O)c1ccccc1)NC(=O)c1cccc2ccccc12. The second kappa shape index (κ2) is 8.60. The van der Waals surface area contributed by atoms with Crippen LogP contribution in [0.5, 0.6) is 0 Å². The zero-order valence-electron chi connectivity index (χ0n) is 14.6. The van der Waals surface area contributed by atoms with Gasteiger partial charge in [0.15, 0.2) is 0 Å². The summed E-state index contributed by atoms with van der Waals surface area (Å²) >= 11 is 0. The molecule has 0 spiro atoms. The van der Waals surface area contributed by atoms with Crippen LogP contribution in [0.1, 0.15) is 16.8 Å². The van der Waals surface area contributed by atoms with E-state index in [4.69, 9.17) is 5.73 Å². The molecule has 0 bridgehead atoms. The number of hydrogen-bond donors (Lipinski definition) is 2. The molecule has 5 nitrogen and oxygen atoms in total. The Morgan fingerprint density at radius 1 is 0.926 bits per heavy atom.